The number of hydrogen-bond acceptors (Lipinski definition) is 7. The second kappa shape index (κ2) is 7.84. The fraction of sp³-hybridized carbons (Fsp3) is 0.400. The standard InChI is InChI=1S/C20H23NO7/c1-8-21-10(3)15(11(4)22)16-17(21)18(26-12(5)23)9(2)19(27-13(6)24)20(16)28-14(7)25/h8H2,1-7H3. The predicted molar refractivity (Wildman–Crippen MR) is 101 cm³/mol. The Morgan fingerprint density at radius 2 is 1.25 bits per heavy atom. The van der Waals surface area contributed by atoms with Crippen LogP contribution in [0, 0.1) is 13.8 Å². The molecule has 0 amide bonds. The smallest absolute Gasteiger partial charge is 0.308 e. The van der Waals surface area contributed by atoms with E-state index in [0.29, 0.717) is 28.9 Å². The Balaban J connectivity index is 3.19. The van der Waals surface area contributed by atoms with Crippen LogP contribution in [-0.4, -0.2) is 28.3 Å². The summed E-state index contributed by atoms with van der Waals surface area (Å²) in [7, 11) is 0. The van der Waals surface area contributed by atoms with E-state index in [1.165, 1.54) is 27.7 Å². The molecule has 150 valence electrons. The van der Waals surface area contributed by atoms with E-state index >= 15 is 0 Å². The lowest BCUT2D eigenvalue weighted by atomic mass is 10.0. The first-order chi connectivity index (χ1) is 13.0. The monoisotopic (exact) mass is 389 g/mol. The zero-order valence-electron chi connectivity index (χ0n) is 17.0. The molecule has 0 saturated heterocycles. The number of aryl methyl sites for hydroxylation is 1. The van der Waals surface area contributed by atoms with Crippen LogP contribution in [0.5, 0.6) is 17.2 Å². The summed E-state index contributed by atoms with van der Waals surface area (Å²) < 4.78 is 17.9. The summed E-state index contributed by atoms with van der Waals surface area (Å²) in [5.41, 5.74) is 1.64. The van der Waals surface area contributed by atoms with Crippen molar-refractivity contribution in [1.29, 1.82) is 0 Å². The summed E-state index contributed by atoms with van der Waals surface area (Å²) in [5.74, 6) is -2.12. The van der Waals surface area contributed by atoms with Gasteiger partial charge in [-0.25, -0.2) is 0 Å². The van der Waals surface area contributed by atoms with Gasteiger partial charge in [0, 0.05) is 44.1 Å². The number of rotatable bonds is 5. The Labute approximate surface area is 162 Å². The summed E-state index contributed by atoms with van der Waals surface area (Å²) in [6, 6.07) is 0. The Morgan fingerprint density at radius 1 is 0.786 bits per heavy atom. The lowest BCUT2D eigenvalue weighted by molar-refractivity contribution is -0.134. The van der Waals surface area contributed by atoms with Crippen LogP contribution in [0.4, 0.5) is 0 Å². The first-order valence-electron chi connectivity index (χ1n) is 8.76. The molecule has 8 nitrogen and oxygen atoms in total. The molecule has 0 saturated carbocycles. The van der Waals surface area contributed by atoms with Crippen molar-refractivity contribution in [3.05, 3.63) is 16.8 Å². The summed E-state index contributed by atoms with van der Waals surface area (Å²) in [6.07, 6.45) is 0. The van der Waals surface area contributed by atoms with Gasteiger partial charge in [-0.05, 0) is 27.7 Å². The molecular weight excluding hydrogens is 366 g/mol. The first kappa shape index (κ1) is 21.1. The zero-order chi connectivity index (χ0) is 21.3. The molecule has 28 heavy (non-hydrogen) atoms. The number of carbonyl (C=O) groups excluding carboxylic acids is 4. The van der Waals surface area contributed by atoms with Gasteiger partial charge in [-0.1, -0.05) is 0 Å². The quantitative estimate of drug-likeness (QED) is 0.439. The Morgan fingerprint density at radius 3 is 1.68 bits per heavy atom. The van der Waals surface area contributed by atoms with Gasteiger partial charge in [0.1, 0.15) is 0 Å². The lowest BCUT2D eigenvalue weighted by Gasteiger charge is -2.18. The van der Waals surface area contributed by atoms with Gasteiger partial charge in [-0.2, -0.15) is 0 Å². The summed E-state index contributed by atoms with van der Waals surface area (Å²) in [5, 5.41) is 0.264. The molecule has 0 aliphatic heterocycles. The van der Waals surface area contributed by atoms with Gasteiger partial charge in [-0.3, -0.25) is 19.2 Å². The van der Waals surface area contributed by atoms with Gasteiger partial charge < -0.3 is 18.8 Å². The third-order valence-electron chi connectivity index (χ3n) is 4.26. The van der Waals surface area contributed by atoms with Gasteiger partial charge in [0.2, 0.25) is 0 Å². The average Bonchev–Trinajstić information content (AvgIpc) is 2.85. The van der Waals surface area contributed by atoms with Crippen molar-refractivity contribution < 1.29 is 33.4 Å². The summed E-state index contributed by atoms with van der Waals surface area (Å²) in [4.78, 5) is 47.6. The number of Topliss-reactive ketones (excluding diaryl/α,β-unsaturated/α-hetero) is 1. The van der Waals surface area contributed by atoms with E-state index in [1.807, 2.05) is 6.92 Å². The van der Waals surface area contributed by atoms with Crippen molar-refractivity contribution in [3.8, 4) is 17.2 Å². The van der Waals surface area contributed by atoms with Crippen LogP contribution in [-0.2, 0) is 20.9 Å². The lowest BCUT2D eigenvalue weighted by Crippen LogP contribution is -2.12. The highest BCUT2D eigenvalue weighted by Crippen LogP contribution is 2.49. The number of carbonyl (C=O) groups is 4. The van der Waals surface area contributed by atoms with Crippen LogP contribution in [0.15, 0.2) is 0 Å². The van der Waals surface area contributed by atoms with E-state index in [9.17, 15) is 19.2 Å². The van der Waals surface area contributed by atoms with Crippen molar-refractivity contribution in [2.75, 3.05) is 0 Å². The molecule has 0 aliphatic carbocycles. The molecular formula is C20H23NO7. The minimum Gasteiger partial charge on any atom is -0.424 e. The molecule has 0 spiro atoms. The van der Waals surface area contributed by atoms with Gasteiger partial charge >= 0.3 is 17.9 Å². The molecule has 2 aromatic rings. The number of hydrogen-bond donors (Lipinski definition) is 0. The minimum absolute atomic E-state index is 0.0494. The molecule has 8 heteroatoms. The second-order valence-electron chi connectivity index (χ2n) is 6.38. The Bertz CT molecular complexity index is 1010. The molecule has 0 fully saturated rings. The maximum atomic E-state index is 12.4. The van der Waals surface area contributed by atoms with E-state index in [0.717, 1.165) is 0 Å². The van der Waals surface area contributed by atoms with Crippen LogP contribution < -0.4 is 14.2 Å². The highest BCUT2D eigenvalue weighted by atomic mass is 16.6. The number of benzene rings is 1. The fourth-order valence-electron chi connectivity index (χ4n) is 3.36. The van der Waals surface area contributed by atoms with Crippen LogP contribution in [0.1, 0.15) is 56.2 Å². The van der Waals surface area contributed by atoms with Crippen LogP contribution in [0.25, 0.3) is 10.9 Å². The third kappa shape index (κ3) is 3.62. The van der Waals surface area contributed by atoms with E-state index in [4.69, 9.17) is 14.2 Å². The zero-order valence-corrected chi connectivity index (χ0v) is 17.0. The van der Waals surface area contributed by atoms with Crippen LogP contribution in [0.3, 0.4) is 0 Å². The van der Waals surface area contributed by atoms with Gasteiger partial charge in [-0.15, -0.1) is 0 Å². The largest absolute Gasteiger partial charge is 0.424 e. The maximum absolute atomic E-state index is 12.4. The van der Waals surface area contributed by atoms with Crippen molar-refractivity contribution in [2.24, 2.45) is 0 Å². The normalized spacial score (nSPS) is 10.7. The van der Waals surface area contributed by atoms with Crippen molar-refractivity contribution in [2.45, 2.75) is 55.0 Å². The highest BCUT2D eigenvalue weighted by molar-refractivity contribution is 6.14. The molecule has 2 rings (SSSR count). The number of ketones is 1. The highest BCUT2D eigenvalue weighted by Gasteiger charge is 2.31. The fourth-order valence-corrected chi connectivity index (χ4v) is 3.36. The second-order valence-corrected chi connectivity index (χ2v) is 6.38. The number of fused-ring (bicyclic) bond motifs is 1. The molecule has 0 radical (unpaired) electrons. The molecule has 1 aromatic heterocycles. The topological polar surface area (TPSA) is 101 Å². The van der Waals surface area contributed by atoms with E-state index in [-0.39, 0.29) is 28.4 Å². The number of nitrogens with zero attached hydrogens (tertiary/aromatic N) is 1. The summed E-state index contributed by atoms with van der Waals surface area (Å²) >= 11 is 0. The van der Waals surface area contributed by atoms with E-state index in [1.54, 1.807) is 18.4 Å². The molecule has 1 heterocycles. The third-order valence-corrected chi connectivity index (χ3v) is 4.26. The summed E-state index contributed by atoms with van der Waals surface area (Å²) in [6.45, 7) is 10.7. The van der Waals surface area contributed by atoms with Crippen molar-refractivity contribution >= 4 is 34.6 Å². The van der Waals surface area contributed by atoms with Gasteiger partial charge in [0.05, 0.1) is 10.9 Å². The molecule has 0 unspecified atom stereocenters. The molecule has 0 aliphatic rings. The van der Waals surface area contributed by atoms with Crippen LogP contribution in [0.2, 0.25) is 0 Å². The first-order valence-corrected chi connectivity index (χ1v) is 8.76. The van der Waals surface area contributed by atoms with Crippen molar-refractivity contribution in [3.63, 3.8) is 0 Å². The maximum Gasteiger partial charge on any atom is 0.308 e. The average molecular weight is 389 g/mol. The molecule has 0 bridgehead atoms. The van der Waals surface area contributed by atoms with E-state index < -0.39 is 17.9 Å². The predicted octanol–water partition coefficient (Wildman–Crippen LogP) is 3.26. The minimum atomic E-state index is -0.652. The number of ether oxygens (including phenoxy) is 3. The van der Waals surface area contributed by atoms with E-state index in [2.05, 4.69) is 0 Å². The van der Waals surface area contributed by atoms with Crippen molar-refractivity contribution in [1.82, 2.24) is 4.57 Å². The van der Waals surface area contributed by atoms with Gasteiger partial charge in [0.15, 0.2) is 23.0 Å². The Kier molecular flexibility index (Phi) is 5.92. The van der Waals surface area contributed by atoms with Gasteiger partial charge in [0.25, 0.3) is 0 Å². The van der Waals surface area contributed by atoms with Crippen LogP contribution >= 0.6 is 0 Å². The molecule has 1 aromatic carbocycles. The SMILES string of the molecule is CCn1c(C)c(C(C)=O)c2c(OC(C)=O)c(OC(C)=O)c(C)c(OC(C)=O)c21. The molecule has 0 N–H and O–H groups in total. The molecule has 0 atom stereocenters. The number of aromatic nitrogens is 1. The number of esters is 3. The Hall–Kier alpha value is -3.16.